The first-order chi connectivity index (χ1) is 12.0. The Labute approximate surface area is 151 Å². The van der Waals surface area contributed by atoms with E-state index >= 15 is 0 Å². The quantitative estimate of drug-likeness (QED) is 0.760. The van der Waals surface area contributed by atoms with Crippen LogP contribution in [0.3, 0.4) is 0 Å². The van der Waals surface area contributed by atoms with Crippen molar-refractivity contribution >= 4 is 12.0 Å². The van der Waals surface area contributed by atoms with Gasteiger partial charge in [-0.3, -0.25) is 4.79 Å². The number of amides is 2. The Kier molecular flexibility index (Phi) is 7.92. The van der Waals surface area contributed by atoms with Crippen molar-refractivity contribution in [3.63, 3.8) is 0 Å². The van der Waals surface area contributed by atoms with E-state index in [1.807, 2.05) is 43.4 Å². The molecule has 5 nitrogen and oxygen atoms in total. The SMILES string of the molecule is CC(C)c1ccc(C(NC(=O)CNC(=O)OCC(F)(F)F)C(C)C)cc1. The van der Waals surface area contributed by atoms with Crippen LogP contribution in [-0.2, 0) is 9.53 Å². The van der Waals surface area contributed by atoms with Crippen LogP contribution in [0, 0.1) is 5.92 Å². The Morgan fingerprint density at radius 2 is 1.58 bits per heavy atom. The maximum atomic E-state index is 12.0. The number of ether oxygens (including phenoxy) is 1. The van der Waals surface area contributed by atoms with Gasteiger partial charge >= 0.3 is 12.3 Å². The number of halogens is 3. The highest BCUT2D eigenvalue weighted by Crippen LogP contribution is 2.24. The number of hydrogen-bond acceptors (Lipinski definition) is 3. The van der Waals surface area contributed by atoms with Gasteiger partial charge in [0.15, 0.2) is 6.61 Å². The van der Waals surface area contributed by atoms with Crippen LogP contribution < -0.4 is 10.6 Å². The second-order valence-corrected chi connectivity index (χ2v) is 6.66. The summed E-state index contributed by atoms with van der Waals surface area (Å²) in [6, 6.07) is 7.58. The van der Waals surface area contributed by atoms with Gasteiger partial charge in [-0.25, -0.2) is 4.79 Å². The van der Waals surface area contributed by atoms with E-state index in [0.29, 0.717) is 5.92 Å². The molecule has 0 aliphatic carbocycles. The van der Waals surface area contributed by atoms with Crippen LogP contribution in [0.25, 0.3) is 0 Å². The molecule has 0 aliphatic heterocycles. The Morgan fingerprint density at radius 1 is 1.04 bits per heavy atom. The van der Waals surface area contributed by atoms with Crippen molar-refractivity contribution in [1.29, 1.82) is 0 Å². The molecule has 0 spiro atoms. The molecule has 0 saturated heterocycles. The minimum atomic E-state index is -4.61. The van der Waals surface area contributed by atoms with Gasteiger partial charge < -0.3 is 15.4 Å². The number of alkyl halides is 3. The molecule has 0 fully saturated rings. The summed E-state index contributed by atoms with van der Waals surface area (Å²) in [6.45, 7) is 5.88. The zero-order valence-corrected chi connectivity index (χ0v) is 15.3. The van der Waals surface area contributed by atoms with E-state index in [-0.39, 0.29) is 12.0 Å². The fourth-order valence-corrected chi connectivity index (χ4v) is 2.30. The Balaban J connectivity index is 2.59. The van der Waals surface area contributed by atoms with Crippen LogP contribution in [0.4, 0.5) is 18.0 Å². The zero-order chi connectivity index (χ0) is 19.9. The molecule has 1 rings (SSSR count). The summed E-state index contributed by atoms with van der Waals surface area (Å²) in [5.74, 6) is -0.0373. The molecule has 2 N–H and O–H groups in total. The van der Waals surface area contributed by atoms with Crippen LogP contribution in [0.5, 0.6) is 0 Å². The molecule has 146 valence electrons. The lowest BCUT2D eigenvalue weighted by atomic mass is 9.93. The lowest BCUT2D eigenvalue weighted by molar-refractivity contribution is -0.160. The van der Waals surface area contributed by atoms with E-state index in [1.165, 1.54) is 5.56 Å². The van der Waals surface area contributed by atoms with Gasteiger partial charge in [0.25, 0.3) is 0 Å². The molecule has 0 aromatic heterocycles. The third-order valence-electron chi connectivity index (χ3n) is 3.71. The highest BCUT2D eigenvalue weighted by Gasteiger charge is 2.29. The second kappa shape index (κ2) is 9.45. The van der Waals surface area contributed by atoms with E-state index < -0.39 is 31.3 Å². The second-order valence-electron chi connectivity index (χ2n) is 6.66. The average molecular weight is 374 g/mol. The van der Waals surface area contributed by atoms with Gasteiger partial charge in [0, 0.05) is 0 Å². The summed E-state index contributed by atoms with van der Waals surface area (Å²) in [6.07, 6.45) is -5.90. The number of alkyl carbamates (subject to hydrolysis) is 1. The van der Waals surface area contributed by atoms with Crippen molar-refractivity contribution in [3.05, 3.63) is 35.4 Å². The molecule has 26 heavy (non-hydrogen) atoms. The van der Waals surface area contributed by atoms with Gasteiger partial charge in [0.05, 0.1) is 6.04 Å². The van der Waals surface area contributed by atoms with Gasteiger partial charge in [-0.15, -0.1) is 0 Å². The van der Waals surface area contributed by atoms with Gasteiger partial charge in [-0.1, -0.05) is 52.0 Å². The maximum Gasteiger partial charge on any atom is 0.422 e. The number of rotatable bonds is 7. The molecule has 0 aliphatic rings. The first kappa shape index (κ1) is 21.8. The minimum Gasteiger partial charge on any atom is -0.440 e. The fourth-order valence-electron chi connectivity index (χ4n) is 2.30. The predicted molar refractivity (Wildman–Crippen MR) is 91.7 cm³/mol. The molecule has 1 atom stereocenters. The highest BCUT2D eigenvalue weighted by atomic mass is 19.4. The molecule has 0 radical (unpaired) electrons. The third kappa shape index (κ3) is 7.76. The zero-order valence-electron chi connectivity index (χ0n) is 15.3. The number of carbonyl (C=O) groups excluding carboxylic acids is 2. The Morgan fingerprint density at radius 3 is 2.04 bits per heavy atom. The summed E-state index contributed by atoms with van der Waals surface area (Å²) in [5.41, 5.74) is 2.09. The van der Waals surface area contributed by atoms with Crippen molar-refractivity contribution in [2.75, 3.05) is 13.2 Å². The van der Waals surface area contributed by atoms with E-state index in [1.54, 1.807) is 0 Å². The molecule has 0 bridgehead atoms. The minimum absolute atomic E-state index is 0.0843. The lowest BCUT2D eigenvalue weighted by Crippen LogP contribution is -2.40. The summed E-state index contributed by atoms with van der Waals surface area (Å²) in [5, 5.41) is 4.78. The van der Waals surface area contributed by atoms with E-state index in [0.717, 1.165) is 5.56 Å². The Bertz CT molecular complexity index is 599. The standard InChI is InChI=1S/C18H25F3N2O3/c1-11(2)13-5-7-14(8-6-13)16(12(3)4)23-15(24)9-22-17(25)26-10-18(19,20)21/h5-8,11-12,16H,9-10H2,1-4H3,(H,22,25)(H,23,24). The largest absolute Gasteiger partial charge is 0.440 e. The molecule has 1 unspecified atom stereocenters. The predicted octanol–water partition coefficient (Wildman–Crippen LogP) is 3.91. The van der Waals surface area contributed by atoms with Crippen molar-refractivity contribution in [1.82, 2.24) is 10.6 Å². The third-order valence-corrected chi connectivity index (χ3v) is 3.71. The summed E-state index contributed by atoms with van der Waals surface area (Å²) in [4.78, 5) is 23.2. The summed E-state index contributed by atoms with van der Waals surface area (Å²) in [7, 11) is 0. The molecular formula is C18H25F3N2O3. The summed E-state index contributed by atoms with van der Waals surface area (Å²) >= 11 is 0. The molecule has 0 saturated carbocycles. The number of carbonyl (C=O) groups is 2. The Hall–Kier alpha value is -2.25. The van der Waals surface area contributed by atoms with Crippen LogP contribution >= 0.6 is 0 Å². The van der Waals surface area contributed by atoms with Crippen LogP contribution in [0.1, 0.15) is 50.8 Å². The van der Waals surface area contributed by atoms with Gasteiger partial charge in [0.2, 0.25) is 5.91 Å². The molecule has 1 aromatic rings. The normalized spacial score (nSPS) is 12.8. The van der Waals surface area contributed by atoms with Crippen LogP contribution in [-0.4, -0.2) is 31.3 Å². The van der Waals surface area contributed by atoms with Crippen molar-refractivity contribution in [2.45, 2.75) is 45.8 Å². The number of benzene rings is 1. The molecular weight excluding hydrogens is 349 g/mol. The van der Waals surface area contributed by atoms with Gasteiger partial charge in [-0.2, -0.15) is 13.2 Å². The molecule has 2 amide bonds. The van der Waals surface area contributed by atoms with E-state index in [4.69, 9.17) is 0 Å². The van der Waals surface area contributed by atoms with Crippen LogP contribution in [0.2, 0.25) is 0 Å². The van der Waals surface area contributed by atoms with E-state index in [2.05, 4.69) is 23.9 Å². The van der Waals surface area contributed by atoms with Crippen LogP contribution in [0.15, 0.2) is 24.3 Å². The van der Waals surface area contributed by atoms with E-state index in [9.17, 15) is 22.8 Å². The topological polar surface area (TPSA) is 67.4 Å². The van der Waals surface area contributed by atoms with Gasteiger partial charge in [0.1, 0.15) is 6.54 Å². The average Bonchev–Trinajstić information content (AvgIpc) is 2.55. The van der Waals surface area contributed by atoms with Gasteiger partial charge in [-0.05, 0) is 23.0 Å². The number of hydrogen-bond donors (Lipinski definition) is 2. The first-order valence-electron chi connectivity index (χ1n) is 8.36. The highest BCUT2D eigenvalue weighted by molar-refractivity contribution is 5.82. The molecule has 8 heteroatoms. The van der Waals surface area contributed by atoms with Crippen molar-refractivity contribution in [3.8, 4) is 0 Å². The van der Waals surface area contributed by atoms with Crippen molar-refractivity contribution in [2.24, 2.45) is 5.92 Å². The van der Waals surface area contributed by atoms with Crippen molar-refractivity contribution < 1.29 is 27.5 Å². The maximum absolute atomic E-state index is 12.0. The summed E-state index contributed by atoms with van der Waals surface area (Å²) < 4.78 is 39.8. The first-order valence-corrected chi connectivity index (χ1v) is 8.36. The smallest absolute Gasteiger partial charge is 0.422 e. The molecule has 0 heterocycles. The number of nitrogens with one attached hydrogen (secondary N) is 2. The lowest BCUT2D eigenvalue weighted by Gasteiger charge is -2.23. The fraction of sp³-hybridized carbons (Fsp3) is 0.556. The molecule has 1 aromatic carbocycles. The monoisotopic (exact) mass is 374 g/mol.